The maximum absolute atomic E-state index is 14.8. The first-order valence-corrected chi connectivity index (χ1v) is 14.8. The first-order valence-electron chi connectivity index (χ1n) is 13.3. The summed E-state index contributed by atoms with van der Waals surface area (Å²) in [6.07, 6.45) is 1.66. The number of benzene rings is 2. The Morgan fingerprint density at radius 2 is 1.70 bits per heavy atom. The Bertz CT molecular complexity index is 1530. The number of carbonyl (C=O) groups excluding carboxylic acids is 3. The lowest BCUT2D eigenvalue weighted by atomic mass is 9.83. The van der Waals surface area contributed by atoms with Crippen molar-refractivity contribution in [2.45, 2.75) is 31.1 Å². The van der Waals surface area contributed by atoms with Crippen molar-refractivity contribution in [1.29, 1.82) is 5.26 Å². The topological polar surface area (TPSA) is 199 Å². The average molecular weight is 615 g/mol. The van der Waals surface area contributed by atoms with Crippen molar-refractivity contribution < 1.29 is 37.0 Å². The van der Waals surface area contributed by atoms with Crippen LogP contribution in [0.15, 0.2) is 69.9 Å². The lowest BCUT2D eigenvalue weighted by molar-refractivity contribution is -0.128. The van der Waals surface area contributed by atoms with Crippen LogP contribution in [0.2, 0.25) is 0 Å². The third kappa shape index (κ3) is 8.92. The number of hydrogen-bond donors (Lipinski definition) is 5. The predicted molar refractivity (Wildman–Crippen MR) is 156 cm³/mol. The van der Waals surface area contributed by atoms with Crippen LogP contribution in [0, 0.1) is 17.2 Å². The fourth-order valence-electron chi connectivity index (χ4n) is 3.85. The van der Waals surface area contributed by atoms with Crippen LogP contribution in [0.5, 0.6) is 0 Å². The van der Waals surface area contributed by atoms with Crippen molar-refractivity contribution in [2.75, 3.05) is 41.8 Å². The number of aliphatic hydroxyl groups is 1. The Kier molecular flexibility index (Phi) is 11.9. The van der Waals surface area contributed by atoms with Gasteiger partial charge in [0.15, 0.2) is 23.1 Å². The molecule has 0 spiro atoms. The molecule has 228 valence electrons. The summed E-state index contributed by atoms with van der Waals surface area (Å²) in [5, 5.41) is 27.2. The van der Waals surface area contributed by atoms with Crippen molar-refractivity contribution in [1.82, 2.24) is 5.32 Å². The zero-order valence-electron chi connectivity index (χ0n) is 23.2. The van der Waals surface area contributed by atoms with Gasteiger partial charge in [-0.2, -0.15) is 10.4 Å². The van der Waals surface area contributed by atoms with Crippen molar-refractivity contribution in [3.8, 4) is 6.07 Å². The number of unbranched alkanes of at least 4 members (excludes halogenated alkanes) is 1. The quantitative estimate of drug-likeness (QED) is 0.121. The second kappa shape index (κ2) is 15.5. The highest BCUT2D eigenvalue weighted by Gasteiger charge is 2.41. The van der Waals surface area contributed by atoms with E-state index >= 15 is 0 Å². The maximum atomic E-state index is 14.8. The molecule has 0 saturated heterocycles. The third-order valence-electron chi connectivity index (χ3n) is 6.11. The van der Waals surface area contributed by atoms with Crippen molar-refractivity contribution in [3.63, 3.8) is 0 Å². The summed E-state index contributed by atoms with van der Waals surface area (Å²) < 4.78 is 48.0. The summed E-state index contributed by atoms with van der Waals surface area (Å²) in [6, 6.07) is 12.3. The zero-order valence-corrected chi connectivity index (χ0v) is 24.0. The predicted octanol–water partition coefficient (Wildman–Crippen LogP) is 3.09. The Labute approximate surface area is 247 Å². The molecule has 0 saturated carbocycles. The number of carbonyl (C=O) groups is 3. The molecule has 1 aliphatic carbocycles. The number of anilines is 3. The number of urea groups is 1. The number of nitrogens with zero attached hydrogens (tertiary/aromatic N) is 2. The first-order chi connectivity index (χ1) is 20.6. The summed E-state index contributed by atoms with van der Waals surface area (Å²) in [6.45, 7) is 2.19. The second-order valence-corrected chi connectivity index (χ2v) is 10.9. The van der Waals surface area contributed by atoms with E-state index in [0.717, 1.165) is 12.8 Å². The molecule has 1 unspecified atom stereocenters. The molecule has 2 aromatic carbocycles. The van der Waals surface area contributed by atoms with Gasteiger partial charge in [-0.05, 0) is 61.4 Å². The van der Waals surface area contributed by atoms with E-state index in [-0.39, 0.29) is 48.5 Å². The van der Waals surface area contributed by atoms with Crippen LogP contribution in [-0.2, 0) is 24.3 Å². The zero-order chi connectivity index (χ0) is 31.4. The number of hydrazone groups is 1. The summed E-state index contributed by atoms with van der Waals surface area (Å²) in [5.41, 5.74) is 1.79. The fourth-order valence-corrected chi connectivity index (χ4v) is 4.91. The van der Waals surface area contributed by atoms with E-state index in [9.17, 15) is 32.5 Å². The van der Waals surface area contributed by atoms with Crippen LogP contribution in [0.1, 0.15) is 26.2 Å². The summed E-state index contributed by atoms with van der Waals surface area (Å²) in [4.78, 5) is 37.0. The Morgan fingerprint density at radius 1 is 1.05 bits per heavy atom. The van der Waals surface area contributed by atoms with Crippen molar-refractivity contribution in [3.05, 3.63) is 59.9 Å². The molecule has 0 aliphatic heterocycles. The third-order valence-corrected chi connectivity index (χ3v) is 7.51. The van der Waals surface area contributed by atoms with E-state index in [4.69, 9.17) is 9.84 Å². The van der Waals surface area contributed by atoms with E-state index in [0.29, 0.717) is 12.2 Å². The molecule has 1 aliphatic rings. The Hall–Kier alpha value is -4.65. The largest absolute Gasteiger partial charge is 0.394 e. The number of nitrogens with one attached hydrogen (secondary N) is 4. The van der Waals surface area contributed by atoms with Gasteiger partial charge in [-0.25, -0.2) is 17.6 Å². The van der Waals surface area contributed by atoms with Crippen LogP contribution in [-0.4, -0.2) is 63.2 Å². The van der Waals surface area contributed by atoms with E-state index in [1.54, 1.807) is 12.1 Å². The number of sulfonamides is 1. The fraction of sp³-hybridized carbons (Fsp3) is 0.321. The molecule has 3 rings (SSSR count). The standard InChI is InChI=1S/C28H31FN6O7S/c1-2-3-13-31-28(39)32-18-4-6-20(7-5-18)35-43(40,41)21-10-8-19(9-11-21)33-34-25-24(29)23(17-30)26(37)22(27(25)38)12-15-42-16-14-36/h4-11,22,33,35-36H,2-3,12-16H2,1H3,(H2,31,32,39)/b34-25-. The minimum atomic E-state index is -4.01. The van der Waals surface area contributed by atoms with Crippen LogP contribution >= 0.6 is 0 Å². The molecule has 0 aromatic heterocycles. The number of nitriles is 1. The van der Waals surface area contributed by atoms with Gasteiger partial charge < -0.3 is 20.5 Å². The Morgan fingerprint density at radius 3 is 2.33 bits per heavy atom. The normalized spacial score (nSPS) is 16.1. The molecule has 0 bridgehead atoms. The van der Waals surface area contributed by atoms with Gasteiger partial charge in [0, 0.05) is 24.5 Å². The summed E-state index contributed by atoms with van der Waals surface area (Å²) in [7, 11) is -4.01. The first kappa shape index (κ1) is 32.9. The Balaban J connectivity index is 1.66. The van der Waals surface area contributed by atoms with Crippen LogP contribution < -0.4 is 20.8 Å². The molecule has 0 radical (unpaired) electrons. The molecular formula is C28H31FN6O7S. The monoisotopic (exact) mass is 614 g/mol. The molecule has 15 heteroatoms. The lowest BCUT2D eigenvalue weighted by Crippen LogP contribution is -2.38. The van der Waals surface area contributed by atoms with Gasteiger partial charge in [-0.3, -0.25) is 19.7 Å². The number of hydrogen-bond acceptors (Lipinski definition) is 10. The number of aliphatic hydroxyl groups excluding tert-OH is 1. The molecular weight excluding hydrogens is 583 g/mol. The molecule has 5 N–H and O–H groups in total. The van der Waals surface area contributed by atoms with Gasteiger partial charge in [-0.15, -0.1) is 0 Å². The second-order valence-electron chi connectivity index (χ2n) is 9.22. The molecule has 43 heavy (non-hydrogen) atoms. The highest BCUT2D eigenvalue weighted by Crippen LogP contribution is 2.26. The number of amides is 2. The SMILES string of the molecule is CCCCNC(=O)Nc1ccc(NS(=O)(=O)c2ccc(N/N=C3\C(=O)C(CCOCCO)C(=O)C(C#N)=C3F)cc2)cc1. The van der Waals surface area contributed by atoms with E-state index in [2.05, 4.69) is 25.9 Å². The van der Waals surface area contributed by atoms with Gasteiger partial charge in [-0.1, -0.05) is 13.3 Å². The molecule has 0 heterocycles. The lowest BCUT2D eigenvalue weighted by Gasteiger charge is -2.20. The molecule has 2 amide bonds. The minimum absolute atomic E-state index is 0.0166. The minimum Gasteiger partial charge on any atom is -0.394 e. The van der Waals surface area contributed by atoms with E-state index in [1.165, 1.54) is 42.5 Å². The van der Waals surface area contributed by atoms with Gasteiger partial charge in [0.05, 0.1) is 29.7 Å². The summed E-state index contributed by atoms with van der Waals surface area (Å²) in [5.74, 6) is -4.65. The highest BCUT2D eigenvalue weighted by atomic mass is 32.2. The van der Waals surface area contributed by atoms with E-state index in [1.807, 2.05) is 6.92 Å². The van der Waals surface area contributed by atoms with Gasteiger partial charge >= 0.3 is 6.03 Å². The summed E-state index contributed by atoms with van der Waals surface area (Å²) >= 11 is 0. The number of ether oxygens (including phenoxy) is 1. The molecule has 2 aromatic rings. The van der Waals surface area contributed by atoms with Crippen molar-refractivity contribution in [2.24, 2.45) is 11.0 Å². The number of ketones is 2. The van der Waals surface area contributed by atoms with Crippen LogP contribution in [0.4, 0.5) is 26.2 Å². The molecule has 13 nitrogen and oxygen atoms in total. The van der Waals surface area contributed by atoms with Crippen LogP contribution in [0.3, 0.4) is 0 Å². The number of Topliss-reactive ketones (excluding diaryl/α,β-unsaturated/α-hetero) is 2. The van der Waals surface area contributed by atoms with Crippen molar-refractivity contribution >= 4 is 50.4 Å². The van der Waals surface area contributed by atoms with E-state index < -0.39 is 44.6 Å². The molecule has 0 fully saturated rings. The average Bonchev–Trinajstić information content (AvgIpc) is 2.98. The van der Waals surface area contributed by atoms with Gasteiger partial charge in [0.2, 0.25) is 0 Å². The number of halogens is 1. The number of allylic oxidation sites excluding steroid dienone is 2. The number of rotatable bonds is 14. The highest BCUT2D eigenvalue weighted by molar-refractivity contribution is 7.92. The van der Waals surface area contributed by atoms with Gasteiger partial charge in [0.25, 0.3) is 10.0 Å². The smallest absolute Gasteiger partial charge is 0.319 e. The molecule has 1 atom stereocenters. The van der Waals surface area contributed by atoms with Gasteiger partial charge in [0.1, 0.15) is 11.6 Å². The maximum Gasteiger partial charge on any atom is 0.319 e. The van der Waals surface area contributed by atoms with Crippen LogP contribution in [0.25, 0.3) is 0 Å².